The normalized spacial score (nSPS) is 13.7. The highest BCUT2D eigenvalue weighted by molar-refractivity contribution is 6.27. The minimum Gasteiger partial charge on any atom is -0.548 e. The van der Waals surface area contributed by atoms with Crippen molar-refractivity contribution in [2.75, 3.05) is 21.1 Å². The van der Waals surface area contributed by atoms with Crippen LogP contribution in [-0.2, 0) is 24.0 Å². The Morgan fingerprint density at radius 1 is 0.436 bits per heavy atom. The molecule has 2 atom stereocenters. The van der Waals surface area contributed by atoms with Crippen LogP contribution in [0, 0.1) is 5.41 Å². The third-order valence-electron chi connectivity index (χ3n) is 11.7. The average molecular weight is 778 g/mol. The van der Waals surface area contributed by atoms with E-state index < -0.39 is 46.2 Å². The number of hydrogen-bond acceptors (Lipinski definition) is 7. The lowest BCUT2D eigenvalue weighted by molar-refractivity contribution is -0.893. The number of quaternary nitrogens is 1. The molecule has 0 saturated carbocycles. The molecule has 322 valence electrons. The van der Waals surface area contributed by atoms with E-state index in [-0.39, 0.29) is 30.2 Å². The van der Waals surface area contributed by atoms with Crippen LogP contribution >= 0.6 is 0 Å². The smallest absolute Gasteiger partial charge is 0.207 e. The van der Waals surface area contributed by atoms with Crippen LogP contribution in [0.15, 0.2) is 0 Å². The molecule has 0 aromatic rings. The lowest BCUT2D eigenvalue weighted by atomic mass is 9.57. The Morgan fingerprint density at radius 2 is 0.691 bits per heavy atom. The van der Waals surface area contributed by atoms with E-state index in [0.29, 0.717) is 44.9 Å². The van der Waals surface area contributed by atoms with Gasteiger partial charge in [0, 0.05) is 25.7 Å². The van der Waals surface area contributed by atoms with Crippen molar-refractivity contribution in [2.45, 2.75) is 245 Å². The molecule has 0 aliphatic heterocycles. The minimum atomic E-state index is -3.18. The van der Waals surface area contributed by atoms with Gasteiger partial charge in [-0.15, -0.1) is 0 Å². The zero-order valence-electron chi connectivity index (χ0n) is 37.0. The molecular weight excluding hydrogens is 691 g/mol. The molecule has 0 heterocycles. The topological polar surface area (TPSA) is 129 Å². The van der Waals surface area contributed by atoms with Gasteiger partial charge in [-0.25, -0.2) is 0 Å². The second-order valence-electron chi connectivity index (χ2n) is 17.5. The zero-order chi connectivity index (χ0) is 41.6. The number of carbonyl (C=O) groups excluding carboxylic acids is 5. The van der Waals surface area contributed by atoms with E-state index >= 15 is 0 Å². The summed E-state index contributed by atoms with van der Waals surface area (Å²) in [7, 11) is 4.92. The summed E-state index contributed by atoms with van der Waals surface area (Å²) in [6.07, 6.45) is 24.4. The first-order valence-corrected chi connectivity index (χ1v) is 23.1. The molecular formula is C47H87NO7. The summed E-state index contributed by atoms with van der Waals surface area (Å²) in [4.78, 5) is 72.4. The molecule has 0 bridgehead atoms. The Morgan fingerprint density at radius 3 is 0.964 bits per heavy atom. The number of aliphatic hydroxyl groups is 1. The molecule has 0 spiro atoms. The van der Waals surface area contributed by atoms with E-state index in [1.807, 2.05) is 0 Å². The van der Waals surface area contributed by atoms with Gasteiger partial charge in [-0.1, -0.05) is 182 Å². The molecule has 0 aliphatic carbocycles. The fourth-order valence-corrected chi connectivity index (χ4v) is 8.44. The first-order chi connectivity index (χ1) is 26.2. The van der Waals surface area contributed by atoms with Gasteiger partial charge in [0.05, 0.1) is 27.1 Å². The number of likely N-dealkylation sites (N-methyl/N-ethyl adjacent to an activating group) is 1. The average Bonchev–Trinajstić information content (AvgIpc) is 3.12. The van der Waals surface area contributed by atoms with Crippen LogP contribution in [0.4, 0.5) is 0 Å². The maximum Gasteiger partial charge on any atom is 0.207 e. The van der Waals surface area contributed by atoms with Crippen LogP contribution in [0.25, 0.3) is 0 Å². The summed E-state index contributed by atoms with van der Waals surface area (Å²) in [6, 6.07) is -1.64. The third-order valence-corrected chi connectivity index (χ3v) is 11.7. The Bertz CT molecular complexity index is 1030. The van der Waals surface area contributed by atoms with Crippen LogP contribution in [-0.4, -0.2) is 71.5 Å². The second kappa shape index (κ2) is 31.1. The van der Waals surface area contributed by atoms with Gasteiger partial charge in [0.25, 0.3) is 0 Å². The summed E-state index contributed by atoms with van der Waals surface area (Å²) in [5.74, 6) is -5.43. The highest BCUT2D eigenvalue weighted by atomic mass is 16.4. The predicted octanol–water partition coefficient (Wildman–Crippen LogP) is 10.4. The number of carboxylic acid groups (broad SMARTS) is 1. The van der Waals surface area contributed by atoms with E-state index in [4.69, 9.17) is 0 Å². The van der Waals surface area contributed by atoms with Crippen molar-refractivity contribution in [3.05, 3.63) is 0 Å². The number of hydrogen-bond donors (Lipinski definition) is 1. The molecule has 0 aromatic heterocycles. The number of aliphatic carboxylic acids is 1. The van der Waals surface area contributed by atoms with Crippen molar-refractivity contribution in [1.82, 2.24) is 0 Å². The minimum absolute atomic E-state index is 0.0159. The molecule has 0 saturated heterocycles. The third kappa shape index (κ3) is 18.9. The van der Waals surface area contributed by atoms with Crippen molar-refractivity contribution >= 4 is 29.1 Å². The van der Waals surface area contributed by atoms with Crippen molar-refractivity contribution in [3.63, 3.8) is 0 Å². The van der Waals surface area contributed by atoms with E-state index in [2.05, 4.69) is 27.7 Å². The number of nitrogens with zero attached hydrogens (tertiary/aromatic N) is 1. The first kappa shape index (κ1) is 53.1. The molecule has 8 nitrogen and oxygen atoms in total. The van der Waals surface area contributed by atoms with Gasteiger partial charge in [-0.2, -0.15) is 0 Å². The molecule has 55 heavy (non-hydrogen) atoms. The highest BCUT2D eigenvalue weighted by Gasteiger charge is 2.71. The van der Waals surface area contributed by atoms with Gasteiger partial charge in [0.1, 0.15) is 0 Å². The molecule has 0 radical (unpaired) electrons. The molecule has 0 rings (SSSR count). The van der Waals surface area contributed by atoms with Crippen molar-refractivity contribution in [1.29, 1.82) is 0 Å². The fourth-order valence-electron chi connectivity index (χ4n) is 8.44. The molecule has 0 aliphatic rings. The molecule has 0 amide bonds. The van der Waals surface area contributed by atoms with Crippen molar-refractivity contribution in [2.24, 2.45) is 5.41 Å². The van der Waals surface area contributed by atoms with E-state index in [1.54, 1.807) is 21.1 Å². The lowest BCUT2D eigenvalue weighted by Crippen LogP contribution is -2.78. The molecule has 8 heteroatoms. The van der Waals surface area contributed by atoms with Gasteiger partial charge in [-0.3, -0.25) is 19.2 Å². The highest BCUT2D eigenvalue weighted by Crippen LogP contribution is 2.44. The van der Waals surface area contributed by atoms with Gasteiger partial charge in [-0.05, 0) is 25.7 Å². The Kier molecular flexibility index (Phi) is 30.0. The summed E-state index contributed by atoms with van der Waals surface area (Å²) < 4.78 is -0.307. The quantitative estimate of drug-likeness (QED) is 0.0373. The van der Waals surface area contributed by atoms with Gasteiger partial charge in [0.2, 0.25) is 5.60 Å². The number of Topliss-reactive ketones (excluding diaryl/α,β-unsaturated/α-hetero) is 4. The van der Waals surface area contributed by atoms with E-state index in [9.17, 15) is 34.2 Å². The number of carboxylic acids is 1. The number of unbranched alkanes of at least 4 members (excludes halogenated alkanes) is 24. The van der Waals surface area contributed by atoms with Crippen molar-refractivity contribution < 1.29 is 38.7 Å². The standard InChI is InChI=1S/C47H87NO7/c1-8-12-16-20-24-28-32-36-40(49)44(48(5,6)7)47(55,43(52)39-35-31-27-23-19-15-11-4)46(45(53)54,41(50)37-33-29-25-21-17-13-9-2)42(51)38-34-30-26-22-18-14-10-3/h44,55H,8-39H2,1-7H3. The number of carbonyl (C=O) groups is 5. The summed E-state index contributed by atoms with van der Waals surface area (Å²) in [5.41, 5.74) is -6.28. The second-order valence-corrected chi connectivity index (χ2v) is 17.5. The zero-order valence-corrected chi connectivity index (χ0v) is 37.0. The number of ketones is 4. The van der Waals surface area contributed by atoms with E-state index in [1.165, 1.54) is 0 Å². The van der Waals surface area contributed by atoms with Crippen molar-refractivity contribution in [3.8, 4) is 0 Å². The van der Waals surface area contributed by atoms with Gasteiger partial charge in [0.15, 0.2) is 34.6 Å². The van der Waals surface area contributed by atoms with E-state index in [0.717, 1.165) is 135 Å². The predicted molar refractivity (Wildman–Crippen MR) is 225 cm³/mol. The Hall–Kier alpha value is -1.93. The maximum absolute atomic E-state index is 14.8. The Balaban J connectivity index is 7.02. The molecule has 0 aromatic carbocycles. The summed E-state index contributed by atoms with van der Waals surface area (Å²) >= 11 is 0. The SMILES string of the molecule is CCCCCCCCCC(=O)C(C(O)(C(=O)CCCCCCCCC)C(C(=O)[O-])(C(=O)CCCCCCCCC)C(=O)CCCCCCCCC)[N+](C)(C)C. The van der Waals surface area contributed by atoms with Crippen LogP contribution in [0.1, 0.15) is 233 Å². The summed E-state index contributed by atoms with van der Waals surface area (Å²) in [5, 5.41) is 27.0. The number of rotatable bonds is 40. The molecule has 0 fully saturated rings. The molecule has 2 unspecified atom stereocenters. The first-order valence-electron chi connectivity index (χ1n) is 23.1. The van der Waals surface area contributed by atoms with Gasteiger partial charge >= 0.3 is 0 Å². The fraction of sp³-hybridized carbons (Fsp3) is 0.894. The maximum atomic E-state index is 14.8. The monoisotopic (exact) mass is 778 g/mol. The lowest BCUT2D eigenvalue weighted by Gasteiger charge is -2.51. The van der Waals surface area contributed by atoms with Crippen LogP contribution in [0.5, 0.6) is 0 Å². The van der Waals surface area contributed by atoms with Crippen LogP contribution in [0.3, 0.4) is 0 Å². The largest absolute Gasteiger partial charge is 0.548 e. The van der Waals surface area contributed by atoms with Crippen LogP contribution < -0.4 is 5.11 Å². The van der Waals surface area contributed by atoms with Gasteiger partial charge < -0.3 is 19.5 Å². The molecule has 1 N–H and O–H groups in total. The Labute approximate surface area is 338 Å². The summed E-state index contributed by atoms with van der Waals surface area (Å²) in [6.45, 7) is 8.58. The van der Waals surface area contributed by atoms with Crippen LogP contribution in [0.2, 0.25) is 0 Å².